The van der Waals surface area contributed by atoms with Crippen molar-refractivity contribution in [2.45, 2.75) is 50.7 Å². The Bertz CT molecular complexity index is 841. The fraction of sp³-hybridized carbons (Fsp3) is 0.647. The van der Waals surface area contributed by atoms with Gasteiger partial charge in [0, 0.05) is 38.6 Å². The van der Waals surface area contributed by atoms with E-state index in [0.29, 0.717) is 23.6 Å². The first-order valence-corrected chi connectivity index (χ1v) is 9.04. The number of piperidine rings is 1. The molecule has 0 aromatic carbocycles. The van der Waals surface area contributed by atoms with Crippen molar-refractivity contribution in [3.8, 4) is 0 Å². The molecular weight excluding hydrogens is 320 g/mol. The molecule has 0 bridgehead atoms. The van der Waals surface area contributed by atoms with Gasteiger partial charge in [0.15, 0.2) is 5.65 Å². The van der Waals surface area contributed by atoms with Crippen LogP contribution in [0, 0.1) is 0 Å². The Hall–Kier alpha value is -2.22. The van der Waals surface area contributed by atoms with Crippen molar-refractivity contribution in [1.29, 1.82) is 0 Å². The Morgan fingerprint density at radius 1 is 1.32 bits per heavy atom. The Morgan fingerprint density at radius 3 is 3.08 bits per heavy atom. The van der Waals surface area contributed by atoms with Gasteiger partial charge in [-0.2, -0.15) is 5.10 Å². The molecule has 0 spiro atoms. The molecule has 4 rings (SSSR count). The van der Waals surface area contributed by atoms with Crippen LogP contribution in [0.4, 0.5) is 0 Å². The highest BCUT2D eigenvalue weighted by molar-refractivity contribution is 5.76. The first-order valence-electron chi connectivity index (χ1n) is 9.04. The largest absolute Gasteiger partial charge is 0.352 e. The van der Waals surface area contributed by atoms with Crippen LogP contribution in [0.15, 0.2) is 17.3 Å². The molecule has 1 N–H and O–H groups in total. The molecule has 2 atom stereocenters. The monoisotopic (exact) mass is 344 g/mol. The van der Waals surface area contributed by atoms with Crippen molar-refractivity contribution >= 4 is 16.9 Å². The Balaban J connectivity index is 1.37. The molecule has 8 heteroatoms. The third-order valence-electron chi connectivity index (χ3n) is 5.50. The Labute approximate surface area is 145 Å². The normalized spacial score (nSPS) is 23.7. The molecule has 2 aromatic heterocycles. The Morgan fingerprint density at radius 2 is 2.20 bits per heavy atom. The van der Waals surface area contributed by atoms with Crippen molar-refractivity contribution in [3.63, 3.8) is 0 Å². The molecule has 2 fully saturated rings. The van der Waals surface area contributed by atoms with E-state index in [1.165, 1.54) is 36.4 Å². The van der Waals surface area contributed by atoms with Gasteiger partial charge in [0.25, 0.3) is 5.56 Å². The first-order chi connectivity index (χ1) is 12.1. The van der Waals surface area contributed by atoms with Crippen LogP contribution in [0.5, 0.6) is 0 Å². The van der Waals surface area contributed by atoms with Gasteiger partial charge in [0.1, 0.15) is 5.39 Å². The second kappa shape index (κ2) is 6.59. The van der Waals surface area contributed by atoms with E-state index in [1.807, 2.05) is 0 Å². The van der Waals surface area contributed by atoms with E-state index in [9.17, 15) is 9.59 Å². The Kier molecular flexibility index (Phi) is 4.29. The maximum Gasteiger partial charge on any atom is 0.264 e. The van der Waals surface area contributed by atoms with E-state index >= 15 is 0 Å². The summed E-state index contributed by atoms with van der Waals surface area (Å²) >= 11 is 0. The number of hydrogen-bond donors (Lipinski definition) is 1. The van der Waals surface area contributed by atoms with Gasteiger partial charge in [-0.05, 0) is 25.8 Å². The molecule has 4 heterocycles. The van der Waals surface area contributed by atoms with E-state index in [1.54, 1.807) is 11.7 Å². The van der Waals surface area contributed by atoms with Crippen LogP contribution in [0.2, 0.25) is 0 Å². The van der Waals surface area contributed by atoms with Crippen molar-refractivity contribution < 1.29 is 4.79 Å². The lowest BCUT2D eigenvalue weighted by Crippen LogP contribution is -2.47. The number of carbonyl (C=O) groups is 1. The van der Waals surface area contributed by atoms with E-state index in [0.717, 1.165) is 19.5 Å². The van der Waals surface area contributed by atoms with Crippen molar-refractivity contribution in [2.75, 3.05) is 13.1 Å². The second-order valence-electron chi connectivity index (χ2n) is 7.06. The lowest BCUT2D eigenvalue weighted by molar-refractivity contribution is -0.122. The van der Waals surface area contributed by atoms with Gasteiger partial charge in [-0.1, -0.05) is 6.42 Å². The fourth-order valence-corrected chi connectivity index (χ4v) is 4.14. The number of amides is 1. The number of fused-ring (bicyclic) bond motifs is 2. The topological polar surface area (TPSA) is 85.0 Å². The molecule has 25 heavy (non-hydrogen) atoms. The van der Waals surface area contributed by atoms with Crippen LogP contribution in [0.3, 0.4) is 0 Å². The number of rotatable bonds is 4. The quantitative estimate of drug-likeness (QED) is 0.860. The number of aryl methyl sites for hydroxylation is 2. The lowest BCUT2D eigenvalue weighted by atomic mass is 9.99. The molecule has 8 nitrogen and oxygen atoms in total. The molecule has 2 aromatic rings. The first kappa shape index (κ1) is 16.3. The molecule has 2 aliphatic rings. The zero-order chi connectivity index (χ0) is 17.4. The van der Waals surface area contributed by atoms with Gasteiger partial charge < -0.3 is 5.32 Å². The molecule has 2 aliphatic heterocycles. The van der Waals surface area contributed by atoms with Crippen LogP contribution in [0.25, 0.3) is 11.0 Å². The van der Waals surface area contributed by atoms with E-state index in [2.05, 4.69) is 20.3 Å². The molecular formula is C17H24N6O2. The fourth-order valence-electron chi connectivity index (χ4n) is 4.14. The lowest BCUT2D eigenvalue weighted by Gasteiger charge is -2.32. The molecule has 0 unspecified atom stereocenters. The smallest absolute Gasteiger partial charge is 0.264 e. The molecule has 2 saturated heterocycles. The third kappa shape index (κ3) is 3.06. The number of nitrogens with one attached hydrogen (secondary N) is 1. The molecule has 134 valence electrons. The summed E-state index contributed by atoms with van der Waals surface area (Å²) in [5.74, 6) is 0.00982. The second-order valence-corrected chi connectivity index (χ2v) is 7.06. The molecule has 1 amide bonds. The number of nitrogens with zero attached hydrogens (tertiary/aromatic N) is 5. The summed E-state index contributed by atoms with van der Waals surface area (Å²) in [6.45, 7) is 2.57. The van der Waals surface area contributed by atoms with Gasteiger partial charge in [-0.25, -0.2) is 4.98 Å². The number of carbonyl (C=O) groups excluding carboxylic acids is 1. The summed E-state index contributed by atoms with van der Waals surface area (Å²) in [4.78, 5) is 31.5. The van der Waals surface area contributed by atoms with Crippen LogP contribution >= 0.6 is 0 Å². The molecule has 0 aliphatic carbocycles. The SMILES string of the molecule is Cn1ncc2c(=O)n(CCC(=O)N[C@H]3CCN4CCCC[C@H]34)cnc21. The molecule has 0 radical (unpaired) electrons. The average molecular weight is 344 g/mol. The van der Waals surface area contributed by atoms with Crippen LogP contribution in [0.1, 0.15) is 32.1 Å². The van der Waals surface area contributed by atoms with Crippen molar-refractivity contribution in [3.05, 3.63) is 22.9 Å². The summed E-state index contributed by atoms with van der Waals surface area (Å²) in [7, 11) is 1.75. The minimum absolute atomic E-state index is 0.00982. The zero-order valence-electron chi connectivity index (χ0n) is 14.5. The average Bonchev–Trinajstić information content (AvgIpc) is 3.19. The summed E-state index contributed by atoms with van der Waals surface area (Å²) < 4.78 is 3.06. The minimum atomic E-state index is -0.148. The maximum absolute atomic E-state index is 12.4. The van der Waals surface area contributed by atoms with Gasteiger partial charge in [0.05, 0.1) is 12.5 Å². The third-order valence-corrected chi connectivity index (χ3v) is 5.50. The van der Waals surface area contributed by atoms with E-state index in [-0.39, 0.29) is 23.9 Å². The summed E-state index contributed by atoms with van der Waals surface area (Å²) in [6, 6.07) is 0.747. The minimum Gasteiger partial charge on any atom is -0.352 e. The van der Waals surface area contributed by atoms with Crippen molar-refractivity contribution in [2.24, 2.45) is 7.05 Å². The summed E-state index contributed by atoms with van der Waals surface area (Å²) in [6.07, 6.45) is 8.03. The van der Waals surface area contributed by atoms with E-state index in [4.69, 9.17) is 0 Å². The molecule has 0 saturated carbocycles. The zero-order valence-corrected chi connectivity index (χ0v) is 14.5. The van der Waals surface area contributed by atoms with Gasteiger partial charge in [-0.3, -0.25) is 23.7 Å². The van der Waals surface area contributed by atoms with Gasteiger partial charge in [0.2, 0.25) is 5.91 Å². The maximum atomic E-state index is 12.4. The van der Waals surface area contributed by atoms with E-state index < -0.39 is 0 Å². The highest BCUT2D eigenvalue weighted by atomic mass is 16.2. The van der Waals surface area contributed by atoms with Crippen molar-refractivity contribution in [1.82, 2.24) is 29.5 Å². The standard InChI is InChI=1S/C17H24N6O2/c1-21-16-12(10-19-21)17(25)23(11-18-16)9-6-15(24)20-13-5-8-22-7-3-2-4-14(13)22/h10-11,13-14H,2-9H2,1H3,(H,20,24)/t13-,14+/m0/s1. The number of aromatic nitrogens is 4. The predicted molar refractivity (Wildman–Crippen MR) is 93.1 cm³/mol. The number of hydrogen-bond acceptors (Lipinski definition) is 5. The van der Waals surface area contributed by atoms with Gasteiger partial charge in [-0.15, -0.1) is 0 Å². The highest BCUT2D eigenvalue weighted by Gasteiger charge is 2.36. The predicted octanol–water partition coefficient (Wildman–Crippen LogP) is 0.263. The summed E-state index contributed by atoms with van der Waals surface area (Å²) in [5, 5.41) is 7.72. The van der Waals surface area contributed by atoms with Crippen LogP contribution in [-0.2, 0) is 18.4 Å². The van der Waals surface area contributed by atoms with Gasteiger partial charge >= 0.3 is 0 Å². The van der Waals surface area contributed by atoms with Crippen LogP contribution in [-0.4, -0.2) is 55.3 Å². The highest BCUT2D eigenvalue weighted by Crippen LogP contribution is 2.27. The summed E-state index contributed by atoms with van der Waals surface area (Å²) in [5.41, 5.74) is 0.416. The van der Waals surface area contributed by atoms with Crippen LogP contribution < -0.4 is 10.9 Å².